The van der Waals surface area contributed by atoms with Gasteiger partial charge in [-0.05, 0) is 24.3 Å². The van der Waals surface area contributed by atoms with E-state index in [9.17, 15) is 23.1 Å². The Morgan fingerprint density at radius 1 is 1.32 bits per heavy atom. The largest absolute Gasteiger partial charge is 0.454 e. The van der Waals surface area contributed by atoms with Crippen LogP contribution in [0, 0.1) is 0 Å². The number of aliphatic hydroxyl groups is 1. The molecule has 10 heteroatoms. The van der Waals surface area contributed by atoms with Crippen molar-refractivity contribution in [1.82, 2.24) is 9.21 Å². The molecule has 0 radical (unpaired) electrons. The molecule has 1 amide bonds. The highest BCUT2D eigenvalue weighted by Crippen LogP contribution is 2.27. The first-order chi connectivity index (χ1) is 11.6. The fourth-order valence-electron chi connectivity index (χ4n) is 2.36. The van der Waals surface area contributed by atoms with Crippen LogP contribution in [-0.2, 0) is 24.3 Å². The topological polar surface area (TPSA) is 104 Å². The maximum absolute atomic E-state index is 12.7. The highest BCUT2D eigenvalue weighted by molar-refractivity contribution is 7.89. The number of aliphatic hydroxyl groups excluding tert-OH is 1. The van der Waals surface area contributed by atoms with Gasteiger partial charge >= 0.3 is 5.97 Å². The van der Waals surface area contributed by atoms with Crippen LogP contribution in [0.15, 0.2) is 29.2 Å². The second-order valence-electron chi connectivity index (χ2n) is 5.83. The third-order valence-corrected chi connectivity index (χ3v) is 5.90. The molecule has 0 bridgehead atoms. The molecule has 1 N–H and O–H groups in total. The molecule has 1 aliphatic rings. The molecule has 138 valence electrons. The molecule has 0 unspecified atom stereocenters. The second-order valence-corrected chi connectivity index (χ2v) is 8.16. The number of rotatable bonds is 5. The van der Waals surface area contributed by atoms with Crippen LogP contribution in [0.5, 0.6) is 0 Å². The first-order valence-electron chi connectivity index (χ1n) is 7.45. The summed E-state index contributed by atoms with van der Waals surface area (Å²) in [6.07, 6.45) is -1.09. The molecule has 1 fully saturated rings. The van der Waals surface area contributed by atoms with Crippen LogP contribution in [0.1, 0.15) is 6.42 Å². The lowest BCUT2D eigenvalue weighted by atomic mass is 10.2. The molecule has 0 aromatic heterocycles. The van der Waals surface area contributed by atoms with Crippen LogP contribution < -0.4 is 0 Å². The van der Waals surface area contributed by atoms with Crippen LogP contribution in [0.3, 0.4) is 0 Å². The van der Waals surface area contributed by atoms with Gasteiger partial charge in [-0.2, -0.15) is 4.31 Å². The summed E-state index contributed by atoms with van der Waals surface area (Å²) >= 11 is 5.76. The Bertz CT molecular complexity index is 750. The number of β-amino-alcohol motifs (C(OH)–C–C–N with tert-alkyl or cyclic N) is 1. The van der Waals surface area contributed by atoms with Gasteiger partial charge in [0.15, 0.2) is 6.61 Å². The zero-order valence-corrected chi connectivity index (χ0v) is 15.3. The van der Waals surface area contributed by atoms with E-state index >= 15 is 0 Å². The summed E-state index contributed by atoms with van der Waals surface area (Å²) < 4.78 is 31.3. The molecule has 0 saturated carbocycles. The molecule has 25 heavy (non-hydrogen) atoms. The Balaban J connectivity index is 2.19. The highest BCUT2D eigenvalue weighted by atomic mass is 35.5. The molecular weight excluding hydrogens is 372 g/mol. The quantitative estimate of drug-likeness (QED) is 0.715. The minimum absolute atomic E-state index is 0.0480. The summed E-state index contributed by atoms with van der Waals surface area (Å²) in [5.74, 6) is -1.30. The maximum atomic E-state index is 12.7. The van der Waals surface area contributed by atoms with Gasteiger partial charge in [0, 0.05) is 32.1 Å². The number of halogens is 1. The van der Waals surface area contributed by atoms with Gasteiger partial charge in [0.05, 0.1) is 11.0 Å². The van der Waals surface area contributed by atoms with Crippen molar-refractivity contribution in [3.8, 4) is 0 Å². The minimum atomic E-state index is -4.02. The zero-order chi connectivity index (χ0) is 18.8. The predicted octanol–water partition coefficient (Wildman–Crippen LogP) is 0.0953. The van der Waals surface area contributed by atoms with E-state index in [2.05, 4.69) is 0 Å². The molecule has 2 atom stereocenters. The average Bonchev–Trinajstić information content (AvgIpc) is 2.95. The van der Waals surface area contributed by atoms with Gasteiger partial charge < -0.3 is 14.7 Å². The normalized spacial score (nSPS) is 21.1. The Morgan fingerprint density at radius 2 is 1.92 bits per heavy atom. The summed E-state index contributed by atoms with van der Waals surface area (Å²) in [4.78, 5) is 24.9. The number of hydrogen-bond acceptors (Lipinski definition) is 6. The Morgan fingerprint density at radius 3 is 2.48 bits per heavy atom. The van der Waals surface area contributed by atoms with Gasteiger partial charge in [-0.1, -0.05) is 11.6 Å². The van der Waals surface area contributed by atoms with Crippen molar-refractivity contribution in [1.29, 1.82) is 0 Å². The van der Waals surface area contributed by atoms with Crippen LogP contribution >= 0.6 is 11.6 Å². The van der Waals surface area contributed by atoms with E-state index in [-0.39, 0.29) is 17.9 Å². The molecule has 0 spiro atoms. The summed E-state index contributed by atoms with van der Waals surface area (Å²) in [6.45, 7) is -0.723. The first kappa shape index (κ1) is 19.6. The SMILES string of the molecule is CN(C)C(=O)COC(=O)[C@@H]1C[C@@H](O)CN1S(=O)(=O)c1ccc(Cl)cc1. The van der Waals surface area contributed by atoms with Gasteiger partial charge in [0.25, 0.3) is 5.91 Å². The smallest absolute Gasteiger partial charge is 0.325 e. The predicted molar refractivity (Wildman–Crippen MR) is 89.4 cm³/mol. The van der Waals surface area contributed by atoms with Crippen molar-refractivity contribution in [3.63, 3.8) is 0 Å². The van der Waals surface area contributed by atoms with E-state index in [0.717, 1.165) is 4.31 Å². The molecule has 1 heterocycles. The highest BCUT2D eigenvalue weighted by Gasteiger charge is 2.44. The van der Waals surface area contributed by atoms with E-state index in [1.165, 1.54) is 43.3 Å². The summed E-state index contributed by atoms with van der Waals surface area (Å²) in [6, 6.07) is 4.29. The molecule has 1 saturated heterocycles. The number of nitrogens with zero attached hydrogens (tertiary/aromatic N) is 2. The van der Waals surface area contributed by atoms with Crippen molar-refractivity contribution in [2.75, 3.05) is 27.2 Å². The third kappa shape index (κ3) is 4.49. The number of sulfonamides is 1. The molecule has 8 nitrogen and oxygen atoms in total. The minimum Gasteiger partial charge on any atom is -0.454 e. The molecule has 1 aromatic carbocycles. The van der Waals surface area contributed by atoms with E-state index < -0.39 is 40.7 Å². The van der Waals surface area contributed by atoms with Gasteiger partial charge in [-0.3, -0.25) is 9.59 Å². The van der Waals surface area contributed by atoms with Crippen LogP contribution in [0.25, 0.3) is 0 Å². The third-order valence-electron chi connectivity index (χ3n) is 3.76. The number of hydrogen-bond donors (Lipinski definition) is 1. The maximum Gasteiger partial charge on any atom is 0.325 e. The first-order valence-corrected chi connectivity index (χ1v) is 9.27. The summed E-state index contributed by atoms with van der Waals surface area (Å²) in [7, 11) is -1.01. The number of benzene rings is 1. The van der Waals surface area contributed by atoms with E-state index in [0.29, 0.717) is 5.02 Å². The second kappa shape index (κ2) is 7.69. The van der Waals surface area contributed by atoms with Gasteiger partial charge in [0.1, 0.15) is 6.04 Å². The molecule has 2 rings (SSSR count). The van der Waals surface area contributed by atoms with Gasteiger partial charge in [-0.15, -0.1) is 0 Å². The number of carbonyl (C=O) groups excluding carboxylic acids is 2. The van der Waals surface area contributed by atoms with Crippen molar-refractivity contribution in [2.24, 2.45) is 0 Å². The van der Waals surface area contributed by atoms with Crippen LogP contribution in [0.4, 0.5) is 0 Å². The monoisotopic (exact) mass is 390 g/mol. The van der Waals surface area contributed by atoms with Gasteiger partial charge in [-0.25, -0.2) is 8.42 Å². The Labute approximate surface area is 151 Å². The van der Waals surface area contributed by atoms with Crippen LogP contribution in [0.2, 0.25) is 5.02 Å². The van der Waals surface area contributed by atoms with Crippen molar-refractivity contribution in [3.05, 3.63) is 29.3 Å². The number of carbonyl (C=O) groups is 2. The average molecular weight is 391 g/mol. The standard InChI is InChI=1S/C15H19ClN2O6S/c1-17(2)14(20)9-24-15(21)13-7-11(19)8-18(13)25(22,23)12-5-3-10(16)4-6-12/h3-6,11,13,19H,7-9H2,1-2H3/t11-,13+/m1/s1. The van der Waals surface area contributed by atoms with E-state index in [1.54, 1.807) is 0 Å². The number of likely N-dealkylation sites (N-methyl/N-ethyl adjacent to an activating group) is 1. The lowest BCUT2D eigenvalue weighted by Gasteiger charge is -2.22. The fraction of sp³-hybridized carbons (Fsp3) is 0.467. The number of amides is 1. The Hall–Kier alpha value is -1.68. The lowest BCUT2D eigenvalue weighted by Crippen LogP contribution is -2.42. The van der Waals surface area contributed by atoms with Crippen molar-refractivity contribution < 1.29 is 27.9 Å². The van der Waals surface area contributed by atoms with Gasteiger partial charge in [0.2, 0.25) is 10.0 Å². The lowest BCUT2D eigenvalue weighted by molar-refractivity contribution is -0.153. The Kier molecular flexibility index (Phi) is 6.04. The molecule has 1 aromatic rings. The molecule has 0 aliphatic carbocycles. The molecular formula is C15H19ClN2O6S. The zero-order valence-electron chi connectivity index (χ0n) is 13.8. The fourth-order valence-corrected chi connectivity index (χ4v) is 4.12. The van der Waals surface area contributed by atoms with E-state index in [1.807, 2.05) is 0 Å². The number of ether oxygens (including phenoxy) is 1. The summed E-state index contributed by atoms with van der Waals surface area (Å²) in [5, 5.41) is 10.2. The van der Waals surface area contributed by atoms with Crippen molar-refractivity contribution >= 4 is 33.5 Å². The van der Waals surface area contributed by atoms with Crippen molar-refractivity contribution in [2.45, 2.75) is 23.5 Å². The van der Waals surface area contributed by atoms with Crippen LogP contribution in [-0.4, -0.2) is 74.0 Å². The van der Waals surface area contributed by atoms with E-state index in [4.69, 9.17) is 16.3 Å². The number of esters is 1. The molecule has 1 aliphatic heterocycles. The summed E-state index contributed by atoms with van der Waals surface area (Å²) in [5.41, 5.74) is 0.